The minimum Gasteiger partial charge on any atom is -0.0836 e. The number of fused-ring (bicyclic) bond motifs is 3. The van der Waals surface area contributed by atoms with E-state index in [0.717, 1.165) is 12.8 Å². The molecule has 7 aromatic carbocycles. The average Bonchev–Trinajstić information content (AvgIpc) is 3.50. The summed E-state index contributed by atoms with van der Waals surface area (Å²) in [5, 5.41) is 0. The highest BCUT2D eigenvalue weighted by molar-refractivity contribution is 5.89. The molecular formula is C49H36. The van der Waals surface area contributed by atoms with Crippen LogP contribution in [0.3, 0.4) is 0 Å². The van der Waals surface area contributed by atoms with Gasteiger partial charge in [0.05, 0.1) is 5.41 Å². The molecule has 0 heteroatoms. The van der Waals surface area contributed by atoms with Crippen LogP contribution in [0.4, 0.5) is 0 Å². The second-order valence-corrected chi connectivity index (χ2v) is 13.2. The van der Waals surface area contributed by atoms with E-state index in [1.165, 1.54) is 77.9 Å². The van der Waals surface area contributed by atoms with Crippen molar-refractivity contribution in [1.82, 2.24) is 0 Å². The van der Waals surface area contributed by atoms with E-state index in [1.54, 1.807) is 0 Å². The van der Waals surface area contributed by atoms with Crippen molar-refractivity contribution in [2.75, 3.05) is 0 Å². The lowest BCUT2D eigenvalue weighted by atomic mass is 9.66. The largest absolute Gasteiger partial charge is 0.0836 e. The van der Waals surface area contributed by atoms with E-state index in [4.69, 9.17) is 0 Å². The highest BCUT2D eigenvalue weighted by Gasteiger charge is 2.46. The first-order chi connectivity index (χ1) is 24.3. The summed E-state index contributed by atoms with van der Waals surface area (Å²) in [6, 6.07) is 65.3. The van der Waals surface area contributed by atoms with E-state index >= 15 is 0 Å². The molecule has 0 unspecified atom stereocenters. The predicted molar refractivity (Wildman–Crippen MR) is 206 cm³/mol. The molecule has 0 saturated heterocycles. The number of benzene rings is 7. The molecule has 0 saturated carbocycles. The molecule has 0 radical (unpaired) electrons. The highest BCUT2D eigenvalue weighted by Crippen LogP contribution is 2.57. The quantitative estimate of drug-likeness (QED) is 0.173. The monoisotopic (exact) mass is 624 g/mol. The fourth-order valence-corrected chi connectivity index (χ4v) is 8.10. The van der Waals surface area contributed by atoms with Gasteiger partial charge < -0.3 is 0 Å². The van der Waals surface area contributed by atoms with Gasteiger partial charge in [0.2, 0.25) is 0 Å². The molecule has 0 aliphatic heterocycles. The first kappa shape index (κ1) is 29.2. The van der Waals surface area contributed by atoms with Crippen molar-refractivity contribution in [3.05, 3.63) is 222 Å². The van der Waals surface area contributed by atoms with E-state index in [-0.39, 0.29) is 0 Å². The van der Waals surface area contributed by atoms with E-state index in [1.807, 2.05) is 0 Å². The van der Waals surface area contributed by atoms with Gasteiger partial charge in [-0.15, -0.1) is 0 Å². The summed E-state index contributed by atoms with van der Waals surface area (Å²) in [6.07, 6.45) is 9.18. The molecule has 0 aromatic heterocycles. The lowest BCUT2D eigenvalue weighted by Crippen LogP contribution is -2.29. The van der Waals surface area contributed by atoms with Crippen LogP contribution in [-0.4, -0.2) is 0 Å². The van der Waals surface area contributed by atoms with Crippen LogP contribution in [0.15, 0.2) is 194 Å². The van der Waals surface area contributed by atoms with E-state index < -0.39 is 5.41 Å². The molecule has 7 aromatic rings. The van der Waals surface area contributed by atoms with Crippen molar-refractivity contribution < 1.29 is 0 Å². The van der Waals surface area contributed by atoms with Crippen molar-refractivity contribution in [3.63, 3.8) is 0 Å². The third-order valence-electron chi connectivity index (χ3n) is 10.3. The molecule has 2 aliphatic carbocycles. The lowest BCUT2D eigenvalue weighted by Gasteiger charge is -2.35. The van der Waals surface area contributed by atoms with Crippen LogP contribution < -0.4 is 0 Å². The Bertz CT molecular complexity index is 2250. The third kappa shape index (κ3) is 5.00. The summed E-state index contributed by atoms with van der Waals surface area (Å²) < 4.78 is 0. The van der Waals surface area contributed by atoms with Crippen molar-refractivity contribution in [1.29, 1.82) is 0 Å². The Morgan fingerprint density at radius 3 is 1.20 bits per heavy atom. The standard InChI is InChI=1S/C49H36/c1-5-17-35(18-6-1)39-29-40(36-19-7-2-8-20-36)32-43(31-39)49(47-27-15-13-25-45(47)46-26-14-16-28-48(46)49)44-33-41(37-21-9-3-10-22-37)30-42(34-44)38-23-11-4-12-24-38/h1-3,5-11,13-34H,4,12H2. The van der Waals surface area contributed by atoms with E-state index in [9.17, 15) is 0 Å². The minimum atomic E-state index is -0.556. The molecule has 0 amide bonds. The molecule has 9 rings (SSSR count). The van der Waals surface area contributed by atoms with Gasteiger partial charge in [-0.25, -0.2) is 0 Å². The summed E-state index contributed by atoms with van der Waals surface area (Å²) in [5.41, 5.74) is 17.1. The van der Waals surface area contributed by atoms with Crippen molar-refractivity contribution in [2.45, 2.75) is 18.3 Å². The van der Waals surface area contributed by atoms with Crippen LogP contribution in [0, 0.1) is 0 Å². The third-order valence-corrected chi connectivity index (χ3v) is 10.3. The SMILES string of the molecule is C1=CC(c2cc(-c3ccccc3)cc(C3(c4cc(-c5ccccc5)cc(-c5ccccc5)c4)c4ccccc4-c4ccccc43)c2)=CCC1. The first-order valence-electron chi connectivity index (χ1n) is 17.3. The smallest absolute Gasteiger partial charge is 0.0714 e. The van der Waals surface area contributed by atoms with Crippen molar-refractivity contribution in [2.24, 2.45) is 0 Å². The van der Waals surface area contributed by atoms with Crippen LogP contribution >= 0.6 is 0 Å². The van der Waals surface area contributed by atoms with E-state index in [0.29, 0.717) is 0 Å². The fourth-order valence-electron chi connectivity index (χ4n) is 8.10. The lowest BCUT2D eigenvalue weighted by molar-refractivity contribution is 0.769. The molecule has 0 N–H and O–H groups in total. The molecule has 2 aliphatic rings. The molecule has 0 fully saturated rings. The van der Waals surface area contributed by atoms with Crippen LogP contribution in [-0.2, 0) is 5.41 Å². The van der Waals surface area contributed by atoms with Gasteiger partial charge in [-0.3, -0.25) is 0 Å². The van der Waals surface area contributed by atoms with Gasteiger partial charge in [-0.2, -0.15) is 0 Å². The molecule has 0 atom stereocenters. The Kier molecular flexibility index (Phi) is 7.29. The Labute approximate surface area is 289 Å². The maximum atomic E-state index is 2.48. The van der Waals surface area contributed by atoms with Gasteiger partial charge in [0.15, 0.2) is 0 Å². The topological polar surface area (TPSA) is 0 Å². The Morgan fingerprint density at radius 1 is 0.347 bits per heavy atom. The second-order valence-electron chi connectivity index (χ2n) is 13.2. The summed E-state index contributed by atoms with van der Waals surface area (Å²) in [7, 11) is 0. The number of rotatable bonds is 6. The molecule has 0 bridgehead atoms. The summed E-state index contributed by atoms with van der Waals surface area (Å²) in [5.74, 6) is 0. The maximum absolute atomic E-state index is 2.48. The minimum absolute atomic E-state index is 0.556. The average molecular weight is 625 g/mol. The normalized spacial score (nSPS) is 14.2. The number of hydrogen-bond donors (Lipinski definition) is 0. The van der Waals surface area contributed by atoms with Gasteiger partial charge in [-0.05, 0) is 127 Å². The molecule has 0 heterocycles. The zero-order valence-electron chi connectivity index (χ0n) is 27.4. The van der Waals surface area contributed by atoms with Gasteiger partial charge in [0.1, 0.15) is 0 Å². The second kappa shape index (κ2) is 12.2. The summed E-state index contributed by atoms with van der Waals surface area (Å²) >= 11 is 0. The molecule has 49 heavy (non-hydrogen) atoms. The van der Waals surface area contributed by atoms with Crippen molar-refractivity contribution >= 4 is 5.57 Å². The van der Waals surface area contributed by atoms with Crippen LogP contribution in [0.1, 0.15) is 40.7 Å². The van der Waals surface area contributed by atoms with E-state index in [2.05, 4.69) is 194 Å². The zero-order valence-corrected chi connectivity index (χ0v) is 27.4. The molecular weight excluding hydrogens is 589 g/mol. The number of allylic oxidation sites excluding steroid dienone is 4. The Hall–Kier alpha value is -5.98. The van der Waals surface area contributed by atoms with Crippen molar-refractivity contribution in [3.8, 4) is 44.5 Å². The van der Waals surface area contributed by atoms with Crippen LogP contribution in [0.5, 0.6) is 0 Å². The molecule has 232 valence electrons. The first-order valence-corrected chi connectivity index (χ1v) is 17.3. The predicted octanol–water partition coefficient (Wildman–Crippen LogP) is 12.8. The zero-order chi connectivity index (χ0) is 32.6. The number of hydrogen-bond acceptors (Lipinski definition) is 0. The summed E-state index contributed by atoms with van der Waals surface area (Å²) in [6.45, 7) is 0. The Balaban J connectivity index is 1.42. The molecule has 0 spiro atoms. The highest BCUT2D eigenvalue weighted by atomic mass is 14.5. The van der Waals surface area contributed by atoms with Gasteiger partial charge >= 0.3 is 0 Å². The molecule has 0 nitrogen and oxygen atoms in total. The Morgan fingerprint density at radius 2 is 0.755 bits per heavy atom. The van der Waals surface area contributed by atoms with Crippen LogP contribution in [0.2, 0.25) is 0 Å². The van der Waals surface area contributed by atoms with Gasteiger partial charge in [-0.1, -0.05) is 158 Å². The van der Waals surface area contributed by atoms with Crippen LogP contribution in [0.25, 0.3) is 50.1 Å². The van der Waals surface area contributed by atoms with Gasteiger partial charge in [0.25, 0.3) is 0 Å². The summed E-state index contributed by atoms with van der Waals surface area (Å²) in [4.78, 5) is 0. The maximum Gasteiger partial charge on any atom is 0.0714 e. The van der Waals surface area contributed by atoms with Gasteiger partial charge in [0, 0.05) is 0 Å². The fraction of sp³-hybridized carbons (Fsp3) is 0.0612.